The number of fused-ring (bicyclic) bond motifs is 1. The van der Waals surface area contributed by atoms with Gasteiger partial charge in [0.1, 0.15) is 11.4 Å². The first-order chi connectivity index (χ1) is 9.72. The van der Waals surface area contributed by atoms with Crippen molar-refractivity contribution in [1.82, 2.24) is 9.55 Å². The van der Waals surface area contributed by atoms with Crippen LogP contribution in [0.3, 0.4) is 0 Å². The number of hydrogen-bond acceptors (Lipinski definition) is 3. The van der Waals surface area contributed by atoms with Gasteiger partial charge >= 0.3 is 0 Å². The molecule has 0 unspecified atom stereocenters. The Labute approximate surface area is 114 Å². The molecule has 0 amide bonds. The van der Waals surface area contributed by atoms with E-state index in [9.17, 15) is 9.18 Å². The summed E-state index contributed by atoms with van der Waals surface area (Å²) in [6.45, 7) is 0. The first-order valence-corrected chi connectivity index (χ1v) is 6.01. The number of hydrogen-bond donors (Lipinski definition) is 0. The van der Waals surface area contributed by atoms with Gasteiger partial charge in [-0.3, -0.25) is 14.3 Å². The lowest BCUT2D eigenvalue weighted by molar-refractivity contribution is 0.0959. The number of carbonyl (C=O) groups is 1. The van der Waals surface area contributed by atoms with E-state index >= 15 is 0 Å². The molecule has 5 heteroatoms. The van der Waals surface area contributed by atoms with Crippen LogP contribution in [0.25, 0.3) is 10.9 Å². The number of benzene rings is 1. The topological polar surface area (TPSA) is 44.1 Å². The number of pyridine rings is 1. The molecule has 0 radical (unpaired) electrons. The number of aromatic nitrogens is 2. The van der Waals surface area contributed by atoms with Gasteiger partial charge in [-0.2, -0.15) is 0 Å². The van der Waals surface area contributed by atoms with Crippen molar-refractivity contribution in [3.05, 3.63) is 60.3 Å². The number of rotatable bonds is 2. The summed E-state index contributed by atoms with van der Waals surface area (Å²) < 4.78 is 20.4. The molecule has 0 aliphatic carbocycles. The van der Waals surface area contributed by atoms with Gasteiger partial charge in [-0.25, -0.2) is 4.39 Å². The number of carbonyl (C=O) groups excluding carboxylic acids is 1. The summed E-state index contributed by atoms with van der Waals surface area (Å²) in [7, 11) is 1.46. The predicted molar refractivity (Wildman–Crippen MR) is 72.4 cm³/mol. The third kappa shape index (κ3) is 1.84. The van der Waals surface area contributed by atoms with Crippen LogP contribution in [0.5, 0.6) is 5.75 Å². The van der Waals surface area contributed by atoms with E-state index in [1.165, 1.54) is 17.9 Å². The molecule has 0 spiro atoms. The Morgan fingerprint density at radius 3 is 2.80 bits per heavy atom. The summed E-state index contributed by atoms with van der Waals surface area (Å²) in [5.74, 6) is -0.484. The van der Waals surface area contributed by atoms with Crippen LogP contribution in [0, 0.1) is 5.82 Å². The highest BCUT2D eigenvalue weighted by Gasteiger charge is 2.18. The monoisotopic (exact) mass is 270 g/mol. The summed E-state index contributed by atoms with van der Waals surface area (Å²) in [6, 6.07) is 10.1. The van der Waals surface area contributed by atoms with Gasteiger partial charge in [0.05, 0.1) is 18.0 Å². The Kier molecular flexibility index (Phi) is 2.95. The number of nitrogens with zero attached hydrogens (tertiary/aromatic N) is 2. The van der Waals surface area contributed by atoms with Crippen molar-refractivity contribution in [3.63, 3.8) is 0 Å². The second kappa shape index (κ2) is 4.77. The van der Waals surface area contributed by atoms with Gasteiger partial charge in [-0.1, -0.05) is 12.1 Å². The van der Waals surface area contributed by atoms with E-state index in [2.05, 4.69) is 4.98 Å². The molecule has 2 aromatic heterocycles. The normalized spacial score (nSPS) is 10.7. The molecule has 0 aliphatic rings. The summed E-state index contributed by atoms with van der Waals surface area (Å²) in [5, 5.41) is 0.291. The molecule has 2 heterocycles. The third-order valence-electron chi connectivity index (χ3n) is 3.07. The van der Waals surface area contributed by atoms with Gasteiger partial charge in [0.25, 0.3) is 5.91 Å². The molecule has 0 bridgehead atoms. The van der Waals surface area contributed by atoms with Crippen molar-refractivity contribution in [2.24, 2.45) is 0 Å². The average molecular weight is 270 g/mol. The molecule has 1 aromatic carbocycles. The Balaban J connectivity index is 2.21. The van der Waals surface area contributed by atoms with Crippen molar-refractivity contribution < 1.29 is 13.9 Å². The molecule has 4 nitrogen and oxygen atoms in total. The van der Waals surface area contributed by atoms with Gasteiger partial charge in [0, 0.05) is 12.4 Å². The summed E-state index contributed by atoms with van der Waals surface area (Å²) in [5.41, 5.74) is 0.713. The highest BCUT2D eigenvalue weighted by atomic mass is 19.1. The SMILES string of the molecule is COc1cccc2c1c(F)cn2C(=O)c1ccccn1. The van der Waals surface area contributed by atoms with Crippen LogP contribution in [0.15, 0.2) is 48.8 Å². The quantitative estimate of drug-likeness (QED) is 0.719. The maximum Gasteiger partial charge on any atom is 0.281 e. The first-order valence-electron chi connectivity index (χ1n) is 6.01. The minimum atomic E-state index is -0.498. The number of halogens is 1. The van der Waals surface area contributed by atoms with E-state index < -0.39 is 5.82 Å². The van der Waals surface area contributed by atoms with Gasteiger partial charge < -0.3 is 4.74 Å². The van der Waals surface area contributed by atoms with Crippen molar-refractivity contribution >= 4 is 16.8 Å². The lowest BCUT2D eigenvalue weighted by Gasteiger charge is -2.04. The zero-order chi connectivity index (χ0) is 14.1. The highest BCUT2D eigenvalue weighted by molar-refractivity contribution is 6.02. The number of ether oxygens (including phenoxy) is 1. The smallest absolute Gasteiger partial charge is 0.281 e. The van der Waals surface area contributed by atoms with E-state index in [-0.39, 0.29) is 11.6 Å². The standard InChI is InChI=1S/C15H11FN2O2/c1-20-13-7-4-6-12-14(13)10(16)9-18(12)15(19)11-5-2-3-8-17-11/h2-9H,1H3. The molecule has 0 atom stereocenters. The van der Waals surface area contributed by atoms with Crippen molar-refractivity contribution in [2.45, 2.75) is 0 Å². The van der Waals surface area contributed by atoms with Crippen LogP contribution in [0.4, 0.5) is 4.39 Å². The maximum absolute atomic E-state index is 14.1. The van der Waals surface area contributed by atoms with Crippen LogP contribution < -0.4 is 4.74 Å². The molecular formula is C15H11FN2O2. The molecule has 3 aromatic rings. The van der Waals surface area contributed by atoms with Crippen LogP contribution in [0.1, 0.15) is 10.5 Å². The Bertz CT molecular complexity index is 781. The second-order valence-corrected chi connectivity index (χ2v) is 4.22. The molecule has 0 N–H and O–H groups in total. The van der Waals surface area contributed by atoms with Crippen LogP contribution in [-0.4, -0.2) is 22.6 Å². The molecular weight excluding hydrogens is 259 g/mol. The molecule has 0 saturated heterocycles. The fraction of sp³-hybridized carbons (Fsp3) is 0.0667. The van der Waals surface area contributed by atoms with E-state index in [0.717, 1.165) is 6.20 Å². The summed E-state index contributed by atoms with van der Waals surface area (Å²) >= 11 is 0. The lowest BCUT2D eigenvalue weighted by Crippen LogP contribution is -2.12. The van der Waals surface area contributed by atoms with Gasteiger partial charge in [0.15, 0.2) is 5.82 Å². The second-order valence-electron chi connectivity index (χ2n) is 4.22. The fourth-order valence-electron chi connectivity index (χ4n) is 2.16. The van der Waals surface area contributed by atoms with Gasteiger partial charge in [0.2, 0.25) is 0 Å². The Hall–Kier alpha value is -2.69. The highest BCUT2D eigenvalue weighted by Crippen LogP contribution is 2.29. The minimum Gasteiger partial charge on any atom is -0.496 e. The zero-order valence-corrected chi connectivity index (χ0v) is 10.7. The van der Waals surface area contributed by atoms with Crippen molar-refractivity contribution in [3.8, 4) is 5.75 Å². The fourth-order valence-corrected chi connectivity index (χ4v) is 2.16. The largest absolute Gasteiger partial charge is 0.496 e. The molecule has 0 aliphatic heterocycles. The van der Waals surface area contributed by atoms with Crippen LogP contribution in [0.2, 0.25) is 0 Å². The lowest BCUT2D eigenvalue weighted by atomic mass is 10.2. The van der Waals surface area contributed by atoms with Gasteiger partial charge in [-0.15, -0.1) is 0 Å². The summed E-state index contributed by atoms with van der Waals surface area (Å²) in [4.78, 5) is 16.4. The van der Waals surface area contributed by atoms with E-state index in [1.54, 1.807) is 36.4 Å². The zero-order valence-electron chi connectivity index (χ0n) is 10.7. The molecule has 100 valence electrons. The van der Waals surface area contributed by atoms with Gasteiger partial charge in [-0.05, 0) is 24.3 Å². The van der Waals surface area contributed by atoms with Crippen LogP contribution in [-0.2, 0) is 0 Å². The molecule has 20 heavy (non-hydrogen) atoms. The maximum atomic E-state index is 14.1. The van der Waals surface area contributed by atoms with E-state index in [0.29, 0.717) is 16.7 Å². The first kappa shape index (κ1) is 12.3. The van der Waals surface area contributed by atoms with Crippen LogP contribution >= 0.6 is 0 Å². The molecule has 0 saturated carbocycles. The minimum absolute atomic E-state index is 0.257. The molecule has 3 rings (SSSR count). The average Bonchev–Trinajstić information content (AvgIpc) is 2.85. The Morgan fingerprint density at radius 1 is 1.25 bits per heavy atom. The predicted octanol–water partition coefficient (Wildman–Crippen LogP) is 2.87. The third-order valence-corrected chi connectivity index (χ3v) is 3.07. The van der Waals surface area contributed by atoms with E-state index in [4.69, 9.17) is 4.74 Å². The Morgan fingerprint density at radius 2 is 2.10 bits per heavy atom. The van der Waals surface area contributed by atoms with E-state index in [1.807, 2.05) is 0 Å². The number of methoxy groups -OCH3 is 1. The van der Waals surface area contributed by atoms with Crippen molar-refractivity contribution in [2.75, 3.05) is 7.11 Å². The summed E-state index contributed by atoms with van der Waals surface area (Å²) in [6.07, 6.45) is 2.68. The molecule has 0 fully saturated rings. The van der Waals surface area contributed by atoms with Crippen molar-refractivity contribution in [1.29, 1.82) is 0 Å².